The second kappa shape index (κ2) is 11.9. The van der Waals surface area contributed by atoms with Gasteiger partial charge in [0.25, 0.3) is 0 Å². The zero-order chi connectivity index (χ0) is 30.1. The molecule has 2 heterocycles. The van der Waals surface area contributed by atoms with Gasteiger partial charge in [-0.25, -0.2) is 4.39 Å². The number of ether oxygens (including phenoxy) is 3. The van der Waals surface area contributed by atoms with E-state index in [-0.39, 0.29) is 41.5 Å². The van der Waals surface area contributed by atoms with Gasteiger partial charge in [0.1, 0.15) is 11.6 Å². The number of anilines is 1. The second-order valence-electron chi connectivity index (χ2n) is 11.9. The summed E-state index contributed by atoms with van der Waals surface area (Å²) in [5, 5.41) is 9.14. The molecule has 1 N–H and O–H groups in total. The van der Waals surface area contributed by atoms with E-state index in [0.717, 1.165) is 42.9 Å². The number of carbonyl (C=O) groups is 1. The van der Waals surface area contributed by atoms with E-state index in [4.69, 9.17) is 19.6 Å². The predicted molar refractivity (Wildman–Crippen MR) is 162 cm³/mol. The Bertz CT molecular complexity index is 1310. The minimum Gasteiger partial charge on any atom is -0.494 e. The highest BCUT2D eigenvalue weighted by Crippen LogP contribution is 2.50. The zero-order valence-corrected chi connectivity index (χ0v) is 26.0. The summed E-state index contributed by atoms with van der Waals surface area (Å²) in [6, 6.07) is 5.69. The Hall–Kier alpha value is -3.29. The van der Waals surface area contributed by atoms with E-state index in [2.05, 4.69) is 25.7 Å². The summed E-state index contributed by atoms with van der Waals surface area (Å²) in [5.74, 6) is 0.448. The molecular weight excluding hydrogens is 521 g/mol. The quantitative estimate of drug-likeness (QED) is 0.293. The molecule has 41 heavy (non-hydrogen) atoms. The number of methoxy groups -OCH3 is 1. The molecule has 2 aromatic rings. The molecule has 2 aliphatic heterocycles. The molecule has 8 heteroatoms. The maximum absolute atomic E-state index is 16.1. The lowest BCUT2D eigenvalue weighted by atomic mass is 9.83. The summed E-state index contributed by atoms with van der Waals surface area (Å²) in [4.78, 5) is 18.2. The first-order chi connectivity index (χ1) is 19.5. The van der Waals surface area contributed by atoms with Crippen LogP contribution in [0.4, 0.5) is 10.1 Å². The van der Waals surface area contributed by atoms with Crippen LogP contribution in [0.5, 0.6) is 17.2 Å². The Kier molecular flexibility index (Phi) is 8.90. The first-order valence-corrected chi connectivity index (χ1v) is 15.0. The number of rotatable bonds is 11. The zero-order valence-electron chi connectivity index (χ0n) is 26.0. The molecule has 0 saturated carbocycles. The summed E-state index contributed by atoms with van der Waals surface area (Å²) in [6.45, 7) is 16.5. The van der Waals surface area contributed by atoms with E-state index in [1.54, 1.807) is 18.9 Å². The molecule has 0 aliphatic carbocycles. The number of hydrogen-bond donors (Lipinski definition) is 1. The number of nitrogens with zero attached hydrogens (tertiary/aromatic N) is 2. The number of carbonyl (C=O) groups excluding carboxylic acids is 1. The molecule has 2 aliphatic rings. The minimum absolute atomic E-state index is 0.00266. The molecule has 0 amide bonds. The summed E-state index contributed by atoms with van der Waals surface area (Å²) < 4.78 is 33.4. The van der Waals surface area contributed by atoms with Crippen LogP contribution >= 0.6 is 0 Å². The van der Waals surface area contributed by atoms with E-state index in [9.17, 15) is 4.79 Å². The van der Waals surface area contributed by atoms with Gasteiger partial charge in [-0.15, -0.1) is 0 Å². The lowest BCUT2D eigenvalue weighted by Crippen LogP contribution is -2.45. The fraction of sp³-hybridized carbons (Fsp3) is 0.576. The van der Waals surface area contributed by atoms with Crippen LogP contribution in [0.2, 0.25) is 0 Å². The summed E-state index contributed by atoms with van der Waals surface area (Å²) in [5.41, 5.74) is 2.37. The molecule has 224 valence electrons. The van der Waals surface area contributed by atoms with Gasteiger partial charge >= 0.3 is 0 Å². The number of benzene rings is 2. The van der Waals surface area contributed by atoms with E-state index in [0.29, 0.717) is 36.3 Å². The topological polar surface area (TPSA) is 75.1 Å². The van der Waals surface area contributed by atoms with Gasteiger partial charge in [0.05, 0.1) is 43.7 Å². The number of halogens is 1. The second-order valence-corrected chi connectivity index (χ2v) is 11.9. The van der Waals surface area contributed by atoms with Gasteiger partial charge in [0.2, 0.25) is 0 Å². The molecule has 0 atom stereocenters. The van der Waals surface area contributed by atoms with Crippen molar-refractivity contribution in [1.29, 1.82) is 5.41 Å². The Morgan fingerprint density at radius 2 is 1.63 bits per heavy atom. The number of ketones is 1. The predicted octanol–water partition coefficient (Wildman–Crippen LogP) is 7.07. The average molecular weight is 568 g/mol. The molecule has 7 nitrogen and oxygen atoms in total. The van der Waals surface area contributed by atoms with Crippen LogP contribution in [-0.4, -0.2) is 56.5 Å². The largest absolute Gasteiger partial charge is 0.494 e. The van der Waals surface area contributed by atoms with E-state index >= 15 is 4.39 Å². The van der Waals surface area contributed by atoms with E-state index in [1.165, 1.54) is 0 Å². The maximum atomic E-state index is 16.1. The van der Waals surface area contributed by atoms with Crippen molar-refractivity contribution >= 4 is 17.3 Å². The van der Waals surface area contributed by atoms with Gasteiger partial charge in [0, 0.05) is 24.2 Å². The normalized spacial score (nSPS) is 16.3. The van der Waals surface area contributed by atoms with Crippen LogP contribution in [-0.2, 0) is 11.0 Å². The van der Waals surface area contributed by atoms with E-state index in [1.807, 2.05) is 39.0 Å². The van der Waals surface area contributed by atoms with Crippen LogP contribution in [0.25, 0.3) is 0 Å². The van der Waals surface area contributed by atoms with E-state index < -0.39 is 11.4 Å². The van der Waals surface area contributed by atoms with Gasteiger partial charge in [-0.3, -0.25) is 10.2 Å². The minimum atomic E-state index is -0.726. The number of fused-ring (bicyclic) bond motifs is 1. The molecule has 0 spiro atoms. The highest BCUT2D eigenvalue weighted by molar-refractivity contribution is 6.07. The number of nitrogens with one attached hydrogen (secondary N) is 1. The van der Waals surface area contributed by atoms with Crippen molar-refractivity contribution in [3.8, 4) is 17.2 Å². The molecule has 1 saturated heterocycles. The van der Waals surface area contributed by atoms with Crippen molar-refractivity contribution in [1.82, 2.24) is 4.90 Å². The standard InChI is InChI=1S/C33H46FN3O4/c1-9-33(10-2)22-19-26(40-11-3)30(41-12-4)28(34)27(22)31(35)37(33)20-25(38)21-17-23(32(5,6)7)29(39-8)24(18-21)36-15-13-14-16-36/h17-19,35H,9-16,20H2,1-8H3. The van der Waals surface area contributed by atoms with Gasteiger partial charge in [0.15, 0.2) is 23.1 Å². The third-order valence-corrected chi connectivity index (χ3v) is 8.62. The molecular formula is C33H46FN3O4. The Morgan fingerprint density at radius 3 is 2.17 bits per heavy atom. The maximum Gasteiger partial charge on any atom is 0.197 e. The number of hydrogen-bond acceptors (Lipinski definition) is 6. The molecule has 2 aromatic carbocycles. The SMILES string of the molecule is CCOc1cc2c(c(F)c1OCC)C(=N)N(CC(=O)c1cc(N3CCCC3)c(OC)c(C(C)(C)C)c1)C2(CC)CC. The Morgan fingerprint density at radius 1 is 1.00 bits per heavy atom. The number of amidine groups is 1. The highest BCUT2D eigenvalue weighted by atomic mass is 19.1. The van der Waals surface area contributed by atoms with Gasteiger partial charge in [-0.05, 0) is 68.7 Å². The smallest absolute Gasteiger partial charge is 0.197 e. The Labute approximate surface area is 244 Å². The first kappa shape index (κ1) is 30.7. The fourth-order valence-corrected chi connectivity index (χ4v) is 6.46. The van der Waals surface area contributed by atoms with Crippen molar-refractivity contribution in [3.05, 3.63) is 46.3 Å². The lowest BCUT2D eigenvalue weighted by Gasteiger charge is -2.39. The summed E-state index contributed by atoms with van der Waals surface area (Å²) >= 11 is 0. The molecule has 0 unspecified atom stereocenters. The van der Waals surface area contributed by atoms with Crippen LogP contribution in [0.3, 0.4) is 0 Å². The van der Waals surface area contributed by atoms with Crippen LogP contribution < -0.4 is 19.1 Å². The molecule has 4 rings (SSSR count). The molecule has 0 bridgehead atoms. The summed E-state index contributed by atoms with van der Waals surface area (Å²) in [6.07, 6.45) is 3.40. The van der Waals surface area contributed by atoms with Crippen molar-refractivity contribution < 1.29 is 23.4 Å². The first-order valence-electron chi connectivity index (χ1n) is 15.0. The van der Waals surface area contributed by atoms with Crippen molar-refractivity contribution in [2.75, 3.05) is 44.9 Å². The summed E-state index contributed by atoms with van der Waals surface area (Å²) in [7, 11) is 1.69. The molecule has 0 radical (unpaired) electrons. The van der Waals surface area contributed by atoms with Gasteiger partial charge in [-0.1, -0.05) is 34.6 Å². The van der Waals surface area contributed by atoms with Crippen LogP contribution in [0.1, 0.15) is 101 Å². The fourth-order valence-electron chi connectivity index (χ4n) is 6.46. The third-order valence-electron chi connectivity index (χ3n) is 8.62. The molecule has 1 fully saturated rings. The molecule has 0 aromatic heterocycles. The Balaban J connectivity index is 1.81. The van der Waals surface area contributed by atoms with Crippen molar-refractivity contribution in [2.24, 2.45) is 0 Å². The van der Waals surface area contributed by atoms with Gasteiger partial charge in [-0.2, -0.15) is 0 Å². The van der Waals surface area contributed by atoms with Crippen LogP contribution in [0.15, 0.2) is 18.2 Å². The number of Topliss-reactive ketones (excluding diaryl/α,β-unsaturated/α-hetero) is 1. The lowest BCUT2D eigenvalue weighted by molar-refractivity contribution is 0.0884. The van der Waals surface area contributed by atoms with Crippen LogP contribution in [0, 0.1) is 11.2 Å². The van der Waals surface area contributed by atoms with Crippen molar-refractivity contribution in [2.45, 2.75) is 85.1 Å². The van der Waals surface area contributed by atoms with Gasteiger partial charge < -0.3 is 24.0 Å². The van der Waals surface area contributed by atoms with Crippen molar-refractivity contribution in [3.63, 3.8) is 0 Å². The third kappa shape index (κ3) is 5.26. The highest BCUT2D eigenvalue weighted by Gasteiger charge is 2.49. The monoisotopic (exact) mass is 567 g/mol. The average Bonchev–Trinajstić information content (AvgIpc) is 3.55.